The average Bonchev–Trinajstić information content (AvgIpc) is 3.67. The Kier molecular flexibility index (Phi) is 5.78. The molecule has 2 nitrogen and oxygen atoms in total. The van der Waals surface area contributed by atoms with Gasteiger partial charge in [0.05, 0.1) is 22.4 Å². The number of nitrogens with zero attached hydrogens (tertiary/aromatic N) is 2. The van der Waals surface area contributed by atoms with Crippen molar-refractivity contribution < 1.29 is 0 Å². The predicted octanol–water partition coefficient (Wildman–Crippen LogP) is 12.9. The fourth-order valence-electron chi connectivity index (χ4n) is 7.45. The van der Waals surface area contributed by atoms with E-state index in [2.05, 4.69) is 179 Å². The largest absolute Gasteiger partial charge is 0.309 e. The molecule has 10 rings (SSSR count). The molecule has 8 aromatic carbocycles. The number of para-hydroxylation sites is 2. The van der Waals surface area contributed by atoms with Crippen molar-refractivity contribution in [1.29, 1.82) is 0 Å². The summed E-state index contributed by atoms with van der Waals surface area (Å²) in [5.41, 5.74) is 7.15. The van der Waals surface area contributed by atoms with Crippen molar-refractivity contribution in [2.24, 2.45) is 0 Å². The summed E-state index contributed by atoms with van der Waals surface area (Å²) in [7, 11) is 0. The lowest BCUT2D eigenvalue weighted by molar-refractivity contribution is 1.19. The number of thiophene rings is 1. The van der Waals surface area contributed by atoms with Gasteiger partial charge < -0.3 is 9.47 Å². The molecular weight excluding hydrogens is 589 g/mol. The van der Waals surface area contributed by atoms with E-state index in [4.69, 9.17) is 0 Å². The molecule has 0 N–H and O–H groups in total. The van der Waals surface area contributed by atoms with E-state index < -0.39 is 0 Å². The number of rotatable bonds is 4. The lowest BCUT2D eigenvalue weighted by atomic mass is 10.0. The van der Waals surface area contributed by atoms with Gasteiger partial charge in [-0.1, -0.05) is 115 Å². The van der Waals surface area contributed by atoms with Crippen molar-refractivity contribution in [1.82, 2.24) is 4.57 Å². The molecule has 0 aliphatic heterocycles. The van der Waals surface area contributed by atoms with Gasteiger partial charge in [-0.3, -0.25) is 0 Å². The average molecular weight is 617 g/mol. The standard InChI is InChI=1S/C44H28N2S/c1-3-15-33-29(11-1)13-9-21-39(33)46(40-22-10-14-30-12-2-4-16-34(30)40)32-23-25-37-38-27-31(24-26-43(38)47-44(37)28-32)45-41-19-7-5-17-35(41)36-18-6-8-20-42(36)45/h1-28H. The molecule has 2 heterocycles. The molecular formula is C44H28N2S. The first-order chi connectivity index (χ1) is 23.3. The minimum atomic E-state index is 1.15. The van der Waals surface area contributed by atoms with E-state index in [0.29, 0.717) is 0 Å². The smallest absolute Gasteiger partial charge is 0.0541 e. The molecule has 0 unspecified atom stereocenters. The molecule has 47 heavy (non-hydrogen) atoms. The summed E-state index contributed by atoms with van der Waals surface area (Å²) in [5, 5.41) is 10.1. The Balaban J connectivity index is 1.19. The van der Waals surface area contributed by atoms with Crippen LogP contribution in [0.1, 0.15) is 0 Å². The van der Waals surface area contributed by atoms with Crippen molar-refractivity contribution in [2.45, 2.75) is 0 Å². The maximum Gasteiger partial charge on any atom is 0.0541 e. The first kappa shape index (κ1) is 26.3. The number of anilines is 3. The third-order valence-electron chi connectivity index (χ3n) is 9.55. The van der Waals surface area contributed by atoms with Gasteiger partial charge in [-0.2, -0.15) is 0 Å². The Labute approximate surface area is 276 Å². The fourth-order valence-corrected chi connectivity index (χ4v) is 8.57. The van der Waals surface area contributed by atoms with E-state index in [9.17, 15) is 0 Å². The zero-order valence-electron chi connectivity index (χ0n) is 25.5. The van der Waals surface area contributed by atoms with E-state index >= 15 is 0 Å². The van der Waals surface area contributed by atoms with Gasteiger partial charge in [0, 0.05) is 53.1 Å². The quantitative estimate of drug-likeness (QED) is 0.191. The first-order valence-corrected chi connectivity index (χ1v) is 16.8. The first-order valence-electron chi connectivity index (χ1n) is 16.0. The van der Waals surface area contributed by atoms with Gasteiger partial charge in [-0.05, 0) is 65.4 Å². The molecule has 2 aromatic heterocycles. The number of benzene rings is 8. The second kappa shape index (κ2) is 10.3. The lowest BCUT2D eigenvalue weighted by Crippen LogP contribution is -2.10. The van der Waals surface area contributed by atoms with Gasteiger partial charge in [0.15, 0.2) is 0 Å². The molecule has 0 spiro atoms. The molecule has 220 valence electrons. The molecule has 0 aliphatic carbocycles. The zero-order chi connectivity index (χ0) is 30.9. The summed E-state index contributed by atoms with van der Waals surface area (Å²) >= 11 is 1.87. The molecule has 0 amide bonds. The molecule has 0 radical (unpaired) electrons. The fraction of sp³-hybridized carbons (Fsp3) is 0. The van der Waals surface area contributed by atoms with Crippen LogP contribution in [0.15, 0.2) is 170 Å². The Morgan fingerprint density at radius 3 is 1.57 bits per heavy atom. The Bertz CT molecular complexity index is 2680. The summed E-state index contributed by atoms with van der Waals surface area (Å²) in [5.74, 6) is 0. The highest BCUT2D eigenvalue weighted by Gasteiger charge is 2.19. The van der Waals surface area contributed by atoms with Crippen LogP contribution in [0.3, 0.4) is 0 Å². The summed E-state index contributed by atoms with van der Waals surface area (Å²) in [6.07, 6.45) is 0. The van der Waals surface area contributed by atoms with Crippen LogP contribution in [0, 0.1) is 0 Å². The molecule has 0 bridgehead atoms. The van der Waals surface area contributed by atoms with Gasteiger partial charge in [0.2, 0.25) is 0 Å². The van der Waals surface area contributed by atoms with Gasteiger partial charge in [-0.15, -0.1) is 11.3 Å². The summed E-state index contributed by atoms with van der Waals surface area (Å²) < 4.78 is 4.98. The van der Waals surface area contributed by atoms with E-state index in [-0.39, 0.29) is 0 Å². The van der Waals surface area contributed by atoms with Gasteiger partial charge >= 0.3 is 0 Å². The van der Waals surface area contributed by atoms with Crippen LogP contribution in [0.2, 0.25) is 0 Å². The van der Waals surface area contributed by atoms with E-state index in [0.717, 1.165) is 5.69 Å². The van der Waals surface area contributed by atoms with Gasteiger partial charge in [-0.25, -0.2) is 0 Å². The highest BCUT2D eigenvalue weighted by molar-refractivity contribution is 7.25. The van der Waals surface area contributed by atoms with E-state index in [1.54, 1.807) is 0 Å². The molecule has 0 saturated carbocycles. The predicted molar refractivity (Wildman–Crippen MR) is 203 cm³/mol. The Morgan fingerprint density at radius 1 is 0.383 bits per heavy atom. The SMILES string of the molecule is c1ccc2c(N(c3ccc4c(c3)sc3ccc(-n5c6ccccc6c6ccccc65)cc34)c3cccc4ccccc34)cccc2c1. The highest BCUT2D eigenvalue weighted by atomic mass is 32.1. The molecule has 10 aromatic rings. The molecule has 0 saturated heterocycles. The van der Waals surface area contributed by atoms with Crippen LogP contribution in [0.4, 0.5) is 17.1 Å². The van der Waals surface area contributed by atoms with Crippen LogP contribution < -0.4 is 4.90 Å². The molecule has 0 aliphatic rings. The van der Waals surface area contributed by atoms with Crippen LogP contribution in [-0.4, -0.2) is 4.57 Å². The summed E-state index contributed by atoms with van der Waals surface area (Å²) in [6, 6.07) is 62.0. The second-order valence-corrected chi connectivity index (χ2v) is 13.2. The maximum absolute atomic E-state index is 2.44. The Hall–Kier alpha value is -5.90. The van der Waals surface area contributed by atoms with Crippen LogP contribution in [0.25, 0.3) is 69.2 Å². The minimum absolute atomic E-state index is 1.15. The van der Waals surface area contributed by atoms with Crippen molar-refractivity contribution in [3.05, 3.63) is 170 Å². The summed E-state index contributed by atoms with van der Waals surface area (Å²) in [6.45, 7) is 0. The maximum atomic E-state index is 2.44. The topological polar surface area (TPSA) is 8.17 Å². The minimum Gasteiger partial charge on any atom is -0.309 e. The Morgan fingerprint density at radius 2 is 0.936 bits per heavy atom. The summed E-state index contributed by atoms with van der Waals surface area (Å²) in [4.78, 5) is 2.44. The highest BCUT2D eigenvalue weighted by Crippen LogP contribution is 2.45. The number of hydrogen-bond acceptors (Lipinski definition) is 2. The van der Waals surface area contributed by atoms with Crippen LogP contribution in [-0.2, 0) is 0 Å². The zero-order valence-corrected chi connectivity index (χ0v) is 26.3. The van der Waals surface area contributed by atoms with Gasteiger partial charge in [0.25, 0.3) is 0 Å². The molecule has 0 atom stereocenters. The van der Waals surface area contributed by atoms with Crippen molar-refractivity contribution >= 4 is 91.9 Å². The monoisotopic (exact) mass is 616 g/mol. The van der Waals surface area contributed by atoms with Crippen molar-refractivity contribution in [3.8, 4) is 5.69 Å². The molecule has 0 fully saturated rings. The van der Waals surface area contributed by atoms with Gasteiger partial charge in [0.1, 0.15) is 0 Å². The van der Waals surface area contributed by atoms with Crippen LogP contribution >= 0.6 is 11.3 Å². The molecule has 3 heteroatoms. The van der Waals surface area contributed by atoms with E-state index in [1.165, 1.54) is 80.6 Å². The lowest BCUT2D eigenvalue weighted by Gasteiger charge is -2.28. The van der Waals surface area contributed by atoms with Crippen molar-refractivity contribution in [3.63, 3.8) is 0 Å². The van der Waals surface area contributed by atoms with E-state index in [1.807, 2.05) is 11.3 Å². The number of fused-ring (bicyclic) bond motifs is 8. The third kappa shape index (κ3) is 4.04. The van der Waals surface area contributed by atoms with Crippen LogP contribution in [0.5, 0.6) is 0 Å². The number of hydrogen-bond donors (Lipinski definition) is 0. The number of aromatic nitrogens is 1. The third-order valence-corrected chi connectivity index (χ3v) is 10.7. The van der Waals surface area contributed by atoms with Crippen molar-refractivity contribution in [2.75, 3.05) is 4.90 Å². The second-order valence-electron chi connectivity index (χ2n) is 12.2. The normalized spacial score (nSPS) is 11.8.